The van der Waals surface area contributed by atoms with Crippen LogP contribution in [0.15, 0.2) is 0 Å². The van der Waals surface area contributed by atoms with Gasteiger partial charge in [-0.3, -0.25) is 0 Å². The van der Waals surface area contributed by atoms with E-state index in [0.29, 0.717) is 6.42 Å². The molecular formula is C7H12O5. The Kier molecular flexibility index (Phi) is 2.36. The van der Waals surface area contributed by atoms with E-state index in [1.165, 1.54) is 0 Å². The molecule has 3 atom stereocenters. The van der Waals surface area contributed by atoms with Crippen molar-refractivity contribution in [1.82, 2.24) is 0 Å². The normalized spacial score (nSPS) is 42.6. The molecule has 1 fully saturated rings. The SMILES string of the molecule is CC1CCC(O)(C(=O)O)OC1O. The maximum Gasteiger partial charge on any atom is 0.364 e. The molecule has 12 heavy (non-hydrogen) atoms. The minimum Gasteiger partial charge on any atom is -0.477 e. The number of carbonyl (C=O) groups is 1. The predicted octanol–water partition coefficient (Wildman–Crippen LogP) is -0.476. The predicted molar refractivity (Wildman–Crippen MR) is 38.1 cm³/mol. The second-order valence-corrected chi connectivity index (χ2v) is 3.11. The maximum absolute atomic E-state index is 10.4. The summed E-state index contributed by atoms with van der Waals surface area (Å²) in [6.07, 6.45) is -0.746. The van der Waals surface area contributed by atoms with Gasteiger partial charge in [-0.05, 0) is 6.42 Å². The van der Waals surface area contributed by atoms with Crippen molar-refractivity contribution in [3.63, 3.8) is 0 Å². The highest BCUT2D eigenvalue weighted by Gasteiger charge is 2.44. The van der Waals surface area contributed by atoms with Gasteiger partial charge < -0.3 is 20.1 Å². The van der Waals surface area contributed by atoms with Crippen LogP contribution in [-0.2, 0) is 9.53 Å². The average molecular weight is 176 g/mol. The first-order valence-electron chi connectivity index (χ1n) is 3.77. The highest BCUT2D eigenvalue weighted by Crippen LogP contribution is 2.29. The van der Waals surface area contributed by atoms with Crippen molar-refractivity contribution in [2.45, 2.75) is 31.8 Å². The number of hydrogen-bond donors (Lipinski definition) is 3. The van der Waals surface area contributed by atoms with Gasteiger partial charge in [0.15, 0.2) is 6.29 Å². The minimum atomic E-state index is -2.20. The Balaban J connectivity index is 2.66. The molecular weight excluding hydrogens is 164 g/mol. The van der Waals surface area contributed by atoms with Gasteiger partial charge in [0.25, 0.3) is 5.79 Å². The van der Waals surface area contributed by atoms with Crippen LogP contribution in [0, 0.1) is 5.92 Å². The Bertz CT molecular complexity index is 192. The van der Waals surface area contributed by atoms with Crippen molar-refractivity contribution in [3.8, 4) is 0 Å². The van der Waals surface area contributed by atoms with Gasteiger partial charge in [-0.1, -0.05) is 6.92 Å². The summed E-state index contributed by atoms with van der Waals surface area (Å²) in [6, 6.07) is 0. The molecule has 0 saturated carbocycles. The lowest BCUT2D eigenvalue weighted by Crippen LogP contribution is -2.49. The molecule has 0 aromatic carbocycles. The van der Waals surface area contributed by atoms with Crippen LogP contribution < -0.4 is 0 Å². The van der Waals surface area contributed by atoms with E-state index in [2.05, 4.69) is 4.74 Å². The number of aliphatic hydroxyl groups is 2. The summed E-state index contributed by atoms with van der Waals surface area (Å²) in [4.78, 5) is 10.4. The monoisotopic (exact) mass is 176 g/mol. The highest BCUT2D eigenvalue weighted by molar-refractivity contribution is 5.75. The standard InChI is InChI=1S/C7H12O5/c1-4-2-3-7(11,6(9)10)12-5(4)8/h4-5,8,11H,2-3H2,1H3,(H,9,10). The van der Waals surface area contributed by atoms with Gasteiger partial charge in [0.1, 0.15) is 0 Å². The lowest BCUT2D eigenvalue weighted by atomic mass is 9.96. The van der Waals surface area contributed by atoms with Gasteiger partial charge in [0.05, 0.1) is 0 Å². The summed E-state index contributed by atoms with van der Waals surface area (Å²) in [6.45, 7) is 1.73. The smallest absolute Gasteiger partial charge is 0.364 e. The maximum atomic E-state index is 10.4. The first kappa shape index (κ1) is 9.44. The van der Waals surface area contributed by atoms with E-state index in [1.54, 1.807) is 6.92 Å². The zero-order valence-electron chi connectivity index (χ0n) is 6.73. The molecule has 1 aliphatic heterocycles. The van der Waals surface area contributed by atoms with Crippen LogP contribution in [0.3, 0.4) is 0 Å². The summed E-state index contributed by atoms with van der Waals surface area (Å²) < 4.78 is 4.56. The van der Waals surface area contributed by atoms with Crippen molar-refractivity contribution in [2.24, 2.45) is 5.92 Å². The third kappa shape index (κ3) is 1.57. The Labute approximate surface area is 69.6 Å². The first-order valence-corrected chi connectivity index (χ1v) is 3.77. The van der Waals surface area contributed by atoms with Crippen LogP contribution in [-0.4, -0.2) is 33.4 Å². The molecule has 1 heterocycles. The number of carboxylic acids is 1. The lowest BCUT2D eigenvalue weighted by molar-refractivity contribution is -0.308. The molecule has 1 saturated heterocycles. The van der Waals surface area contributed by atoms with E-state index in [0.717, 1.165) is 0 Å². The molecule has 70 valence electrons. The Morgan fingerprint density at radius 3 is 2.67 bits per heavy atom. The summed E-state index contributed by atoms with van der Waals surface area (Å²) in [5.41, 5.74) is 0. The quantitative estimate of drug-likeness (QED) is 0.502. The molecule has 1 rings (SSSR count). The van der Waals surface area contributed by atoms with Gasteiger partial charge in [0, 0.05) is 12.3 Å². The van der Waals surface area contributed by atoms with Gasteiger partial charge >= 0.3 is 5.97 Å². The molecule has 5 nitrogen and oxygen atoms in total. The molecule has 0 spiro atoms. The zero-order valence-corrected chi connectivity index (χ0v) is 6.73. The van der Waals surface area contributed by atoms with Crippen molar-refractivity contribution in [3.05, 3.63) is 0 Å². The van der Waals surface area contributed by atoms with Gasteiger partial charge in [-0.2, -0.15) is 0 Å². The first-order chi connectivity index (χ1) is 5.46. The number of hydrogen-bond acceptors (Lipinski definition) is 4. The molecule has 5 heteroatoms. The second-order valence-electron chi connectivity index (χ2n) is 3.11. The van der Waals surface area contributed by atoms with Crippen molar-refractivity contribution >= 4 is 5.97 Å². The van der Waals surface area contributed by atoms with Gasteiger partial charge in [0.2, 0.25) is 0 Å². The van der Waals surface area contributed by atoms with Crippen LogP contribution in [0.25, 0.3) is 0 Å². The van der Waals surface area contributed by atoms with Crippen molar-refractivity contribution in [1.29, 1.82) is 0 Å². The summed E-state index contributed by atoms with van der Waals surface area (Å²) in [5, 5.41) is 26.9. The van der Waals surface area contributed by atoms with E-state index in [1.807, 2.05) is 0 Å². The fourth-order valence-corrected chi connectivity index (χ4v) is 1.10. The van der Waals surface area contributed by atoms with Crippen LogP contribution in [0.5, 0.6) is 0 Å². The topological polar surface area (TPSA) is 87.0 Å². The molecule has 0 radical (unpaired) electrons. The van der Waals surface area contributed by atoms with Crippen LogP contribution in [0.4, 0.5) is 0 Å². The molecule has 0 aromatic rings. The molecule has 3 unspecified atom stereocenters. The molecule has 1 aliphatic rings. The van der Waals surface area contributed by atoms with E-state index < -0.39 is 18.0 Å². The van der Waals surface area contributed by atoms with Crippen LogP contribution in [0.2, 0.25) is 0 Å². The Morgan fingerprint density at radius 1 is 1.67 bits per heavy atom. The van der Waals surface area contributed by atoms with Gasteiger partial charge in [-0.25, -0.2) is 4.79 Å². The number of carboxylic acid groups (broad SMARTS) is 1. The minimum absolute atomic E-state index is 0.0144. The van der Waals surface area contributed by atoms with E-state index in [9.17, 15) is 9.90 Å². The fourth-order valence-electron chi connectivity index (χ4n) is 1.10. The third-order valence-electron chi connectivity index (χ3n) is 2.08. The molecule has 3 N–H and O–H groups in total. The number of aliphatic carboxylic acids is 1. The van der Waals surface area contributed by atoms with Gasteiger partial charge in [-0.15, -0.1) is 0 Å². The van der Waals surface area contributed by atoms with E-state index in [4.69, 9.17) is 10.2 Å². The summed E-state index contributed by atoms with van der Waals surface area (Å²) in [5.74, 6) is -3.79. The molecule has 0 amide bonds. The van der Waals surface area contributed by atoms with Crippen molar-refractivity contribution < 1.29 is 24.9 Å². The highest BCUT2D eigenvalue weighted by atomic mass is 16.7. The van der Waals surface area contributed by atoms with E-state index in [-0.39, 0.29) is 12.3 Å². The van der Waals surface area contributed by atoms with E-state index >= 15 is 0 Å². The third-order valence-corrected chi connectivity index (χ3v) is 2.08. The summed E-state index contributed by atoms with van der Waals surface area (Å²) >= 11 is 0. The fraction of sp³-hybridized carbons (Fsp3) is 0.857. The summed E-state index contributed by atoms with van der Waals surface area (Å²) in [7, 11) is 0. The molecule has 0 bridgehead atoms. The zero-order chi connectivity index (χ0) is 9.35. The largest absolute Gasteiger partial charge is 0.477 e. The second kappa shape index (κ2) is 3.01. The number of aliphatic hydroxyl groups excluding tert-OH is 1. The van der Waals surface area contributed by atoms with Crippen molar-refractivity contribution in [2.75, 3.05) is 0 Å². The lowest BCUT2D eigenvalue weighted by Gasteiger charge is -2.34. The van der Waals surface area contributed by atoms with Crippen LogP contribution >= 0.6 is 0 Å². The molecule has 0 aliphatic carbocycles. The number of rotatable bonds is 1. The average Bonchev–Trinajstić information content (AvgIpc) is 1.97. The molecule has 0 aromatic heterocycles. The number of ether oxygens (including phenoxy) is 1. The Morgan fingerprint density at radius 2 is 2.25 bits per heavy atom. The van der Waals surface area contributed by atoms with Crippen LogP contribution in [0.1, 0.15) is 19.8 Å². The Hall–Kier alpha value is -0.650.